The van der Waals surface area contributed by atoms with Gasteiger partial charge >= 0.3 is 0 Å². The number of piperidine rings is 1. The normalized spacial score (nSPS) is 21.4. The van der Waals surface area contributed by atoms with Crippen molar-refractivity contribution in [3.05, 3.63) is 11.9 Å². The number of amides is 1. The highest BCUT2D eigenvalue weighted by atomic mass is 16.2. The molecular formula is C11H19N5O. The number of nitrogen functional groups attached to an aromatic ring is 1. The highest BCUT2D eigenvalue weighted by Gasteiger charge is 2.21. The Bertz CT molecular complexity index is 414. The Morgan fingerprint density at radius 1 is 1.59 bits per heavy atom. The molecule has 1 amide bonds. The van der Waals surface area contributed by atoms with Crippen molar-refractivity contribution < 1.29 is 4.79 Å². The Labute approximate surface area is 101 Å². The van der Waals surface area contributed by atoms with E-state index in [1.54, 1.807) is 17.9 Å². The third-order valence-electron chi connectivity index (χ3n) is 3.03. The van der Waals surface area contributed by atoms with Gasteiger partial charge in [0.1, 0.15) is 0 Å². The van der Waals surface area contributed by atoms with Gasteiger partial charge in [0.05, 0.1) is 5.69 Å². The molecule has 0 spiro atoms. The topological polar surface area (TPSA) is 76.2 Å². The van der Waals surface area contributed by atoms with Crippen molar-refractivity contribution in [1.29, 1.82) is 0 Å². The van der Waals surface area contributed by atoms with E-state index in [0.717, 1.165) is 25.9 Å². The van der Waals surface area contributed by atoms with Crippen LogP contribution in [-0.2, 0) is 7.05 Å². The molecule has 1 unspecified atom stereocenters. The maximum atomic E-state index is 12.0. The molecule has 2 heterocycles. The zero-order chi connectivity index (χ0) is 12.4. The smallest absolute Gasteiger partial charge is 0.274 e. The van der Waals surface area contributed by atoms with Crippen LogP contribution in [0.5, 0.6) is 0 Å². The molecule has 0 aromatic carbocycles. The SMILES string of the molecule is CN1CCCC(NC(=O)c2nn(C)cc2N)C1. The first-order valence-corrected chi connectivity index (χ1v) is 5.85. The molecule has 1 aliphatic heterocycles. The summed E-state index contributed by atoms with van der Waals surface area (Å²) in [4.78, 5) is 14.2. The molecule has 6 heteroatoms. The summed E-state index contributed by atoms with van der Waals surface area (Å²) < 4.78 is 1.55. The summed E-state index contributed by atoms with van der Waals surface area (Å²) in [5.41, 5.74) is 6.47. The fourth-order valence-corrected chi connectivity index (χ4v) is 2.22. The predicted octanol–water partition coefficient (Wildman–Crippen LogP) is -0.174. The first-order chi connectivity index (χ1) is 8.06. The molecule has 1 aromatic rings. The van der Waals surface area contributed by atoms with Crippen molar-refractivity contribution in [3.63, 3.8) is 0 Å². The number of carbonyl (C=O) groups excluding carboxylic acids is 1. The lowest BCUT2D eigenvalue weighted by molar-refractivity contribution is 0.0907. The number of anilines is 1. The van der Waals surface area contributed by atoms with Gasteiger partial charge in [0.25, 0.3) is 5.91 Å². The van der Waals surface area contributed by atoms with Gasteiger partial charge in [-0.3, -0.25) is 9.48 Å². The highest BCUT2D eigenvalue weighted by Crippen LogP contribution is 2.11. The first kappa shape index (κ1) is 11.9. The third kappa shape index (κ3) is 2.76. The van der Waals surface area contributed by atoms with Crippen LogP contribution in [0.4, 0.5) is 5.69 Å². The monoisotopic (exact) mass is 237 g/mol. The largest absolute Gasteiger partial charge is 0.396 e. The van der Waals surface area contributed by atoms with E-state index in [1.165, 1.54) is 0 Å². The highest BCUT2D eigenvalue weighted by molar-refractivity contribution is 5.97. The van der Waals surface area contributed by atoms with Gasteiger partial charge in [0.2, 0.25) is 0 Å². The standard InChI is InChI=1S/C11H19N5O/c1-15-5-3-4-8(6-15)13-11(17)10-9(12)7-16(2)14-10/h7-8H,3-6,12H2,1-2H3,(H,13,17). The molecule has 17 heavy (non-hydrogen) atoms. The van der Waals surface area contributed by atoms with E-state index in [0.29, 0.717) is 11.4 Å². The van der Waals surface area contributed by atoms with E-state index in [4.69, 9.17) is 5.73 Å². The molecule has 0 saturated carbocycles. The van der Waals surface area contributed by atoms with Crippen LogP contribution < -0.4 is 11.1 Å². The Balaban J connectivity index is 1.99. The molecule has 94 valence electrons. The predicted molar refractivity (Wildman–Crippen MR) is 65.6 cm³/mol. The zero-order valence-electron chi connectivity index (χ0n) is 10.3. The number of aryl methyl sites for hydroxylation is 1. The minimum absolute atomic E-state index is 0.177. The van der Waals surface area contributed by atoms with Crippen molar-refractivity contribution in [2.75, 3.05) is 25.9 Å². The van der Waals surface area contributed by atoms with Gasteiger partial charge < -0.3 is 16.0 Å². The van der Waals surface area contributed by atoms with Gasteiger partial charge in [-0.15, -0.1) is 0 Å². The quantitative estimate of drug-likeness (QED) is 0.748. The number of likely N-dealkylation sites (tertiary alicyclic amines) is 1. The van der Waals surface area contributed by atoms with Crippen molar-refractivity contribution in [1.82, 2.24) is 20.0 Å². The fourth-order valence-electron chi connectivity index (χ4n) is 2.22. The summed E-state index contributed by atoms with van der Waals surface area (Å²) in [6.45, 7) is 1.98. The average molecular weight is 237 g/mol. The van der Waals surface area contributed by atoms with Crippen molar-refractivity contribution >= 4 is 11.6 Å². The van der Waals surface area contributed by atoms with Crippen LogP contribution in [0, 0.1) is 0 Å². The zero-order valence-corrected chi connectivity index (χ0v) is 10.3. The third-order valence-corrected chi connectivity index (χ3v) is 3.03. The van der Waals surface area contributed by atoms with E-state index in [-0.39, 0.29) is 11.9 Å². The first-order valence-electron chi connectivity index (χ1n) is 5.85. The minimum Gasteiger partial charge on any atom is -0.396 e. The number of nitrogens with two attached hydrogens (primary N) is 1. The van der Waals surface area contributed by atoms with E-state index < -0.39 is 0 Å². The number of nitrogens with one attached hydrogen (secondary N) is 1. The summed E-state index contributed by atoms with van der Waals surface area (Å²) in [6, 6.07) is 0.197. The van der Waals surface area contributed by atoms with Crippen LogP contribution in [0.1, 0.15) is 23.3 Å². The minimum atomic E-state index is -0.177. The summed E-state index contributed by atoms with van der Waals surface area (Å²) in [5, 5.41) is 7.04. The number of hydrogen-bond donors (Lipinski definition) is 2. The Morgan fingerprint density at radius 3 is 2.94 bits per heavy atom. The molecule has 1 atom stereocenters. The second-order valence-corrected chi connectivity index (χ2v) is 4.68. The summed E-state index contributed by atoms with van der Waals surface area (Å²) in [7, 11) is 3.81. The maximum Gasteiger partial charge on any atom is 0.274 e. The summed E-state index contributed by atoms with van der Waals surface area (Å²) in [5.74, 6) is -0.177. The van der Waals surface area contributed by atoms with Gasteiger partial charge in [0, 0.05) is 25.8 Å². The second kappa shape index (κ2) is 4.75. The van der Waals surface area contributed by atoms with Gasteiger partial charge in [-0.2, -0.15) is 5.10 Å². The Kier molecular flexibility index (Phi) is 3.33. The van der Waals surface area contributed by atoms with Gasteiger partial charge in [-0.1, -0.05) is 0 Å². The van der Waals surface area contributed by atoms with Crippen molar-refractivity contribution in [2.24, 2.45) is 7.05 Å². The van der Waals surface area contributed by atoms with Crippen LogP contribution in [0.2, 0.25) is 0 Å². The van der Waals surface area contributed by atoms with Crippen LogP contribution in [0.15, 0.2) is 6.20 Å². The molecule has 1 saturated heterocycles. The van der Waals surface area contributed by atoms with E-state index in [9.17, 15) is 4.79 Å². The van der Waals surface area contributed by atoms with E-state index in [2.05, 4.69) is 22.4 Å². The number of hydrogen-bond acceptors (Lipinski definition) is 4. The maximum absolute atomic E-state index is 12.0. The molecular weight excluding hydrogens is 218 g/mol. The molecule has 1 aliphatic rings. The summed E-state index contributed by atoms with van der Waals surface area (Å²) in [6.07, 6.45) is 3.77. The fraction of sp³-hybridized carbons (Fsp3) is 0.636. The summed E-state index contributed by atoms with van der Waals surface area (Å²) >= 11 is 0. The van der Waals surface area contributed by atoms with Gasteiger partial charge in [-0.25, -0.2) is 0 Å². The molecule has 2 rings (SSSR count). The number of carbonyl (C=O) groups is 1. The molecule has 6 nitrogen and oxygen atoms in total. The lowest BCUT2D eigenvalue weighted by Gasteiger charge is -2.29. The molecule has 0 bridgehead atoms. The number of aromatic nitrogens is 2. The lowest BCUT2D eigenvalue weighted by atomic mass is 10.1. The molecule has 3 N–H and O–H groups in total. The van der Waals surface area contributed by atoms with Crippen LogP contribution in [0.3, 0.4) is 0 Å². The Hall–Kier alpha value is -1.56. The lowest BCUT2D eigenvalue weighted by Crippen LogP contribution is -2.46. The second-order valence-electron chi connectivity index (χ2n) is 4.68. The average Bonchev–Trinajstić information content (AvgIpc) is 2.58. The van der Waals surface area contributed by atoms with Crippen molar-refractivity contribution in [2.45, 2.75) is 18.9 Å². The van der Waals surface area contributed by atoms with E-state index in [1.807, 2.05) is 0 Å². The number of rotatable bonds is 2. The molecule has 1 aromatic heterocycles. The van der Waals surface area contributed by atoms with Crippen LogP contribution >= 0.6 is 0 Å². The number of nitrogens with zero attached hydrogens (tertiary/aromatic N) is 3. The molecule has 1 fully saturated rings. The van der Waals surface area contributed by atoms with Crippen LogP contribution in [0.25, 0.3) is 0 Å². The van der Waals surface area contributed by atoms with Crippen LogP contribution in [-0.4, -0.2) is 46.8 Å². The Morgan fingerprint density at radius 2 is 2.35 bits per heavy atom. The van der Waals surface area contributed by atoms with Gasteiger partial charge in [0.15, 0.2) is 5.69 Å². The van der Waals surface area contributed by atoms with Gasteiger partial charge in [-0.05, 0) is 26.4 Å². The molecule has 0 radical (unpaired) electrons. The molecule has 0 aliphatic carbocycles. The van der Waals surface area contributed by atoms with Crippen molar-refractivity contribution in [3.8, 4) is 0 Å². The number of likely N-dealkylation sites (N-methyl/N-ethyl adjacent to an activating group) is 1. The van der Waals surface area contributed by atoms with E-state index >= 15 is 0 Å².